The Morgan fingerprint density at radius 1 is 0.867 bits per heavy atom. The lowest BCUT2D eigenvalue weighted by atomic mass is 9.58. The van der Waals surface area contributed by atoms with Gasteiger partial charge in [0.1, 0.15) is 5.75 Å². The third-order valence-corrected chi connectivity index (χ3v) is 17.7. The van der Waals surface area contributed by atoms with Crippen LogP contribution in [-0.4, -0.2) is 55.1 Å². The van der Waals surface area contributed by atoms with Gasteiger partial charge < -0.3 is 19.2 Å². The Kier molecular flexibility index (Phi) is 11.7. The molecule has 4 atom stereocenters. The van der Waals surface area contributed by atoms with Crippen LogP contribution in [0.15, 0.2) is 139 Å². The molecule has 1 aliphatic carbocycles. The van der Waals surface area contributed by atoms with Gasteiger partial charge in [-0.15, -0.1) is 0 Å². The number of imide groups is 1. The molecule has 4 aromatic carbocycles. The molecule has 3 heterocycles. The van der Waals surface area contributed by atoms with Gasteiger partial charge in [-0.05, 0) is 137 Å². The highest BCUT2D eigenvalue weighted by Gasteiger charge is 2.58. The molecule has 2 saturated heterocycles. The van der Waals surface area contributed by atoms with E-state index in [-0.39, 0.29) is 35.5 Å². The number of hydrogen-bond acceptors (Lipinski definition) is 7. The van der Waals surface area contributed by atoms with Crippen molar-refractivity contribution in [3.05, 3.63) is 161 Å². The quantitative estimate of drug-likeness (QED) is 0.0785. The van der Waals surface area contributed by atoms with Gasteiger partial charge in [0.2, 0.25) is 11.8 Å². The number of phenols is 1. The molecule has 10 heteroatoms. The third kappa shape index (κ3) is 7.73. The Morgan fingerprint density at radius 3 is 2.05 bits per heavy atom. The molecule has 0 unspecified atom stereocenters. The molecule has 60 heavy (non-hydrogen) atoms. The monoisotopic (exact) mass is 816 g/mol. The van der Waals surface area contributed by atoms with Crippen molar-refractivity contribution in [2.45, 2.75) is 71.3 Å². The van der Waals surface area contributed by atoms with Crippen molar-refractivity contribution in [1.82, 2.24) is 4.98 Å². The Balaban J connectivity index is 1.23. The van der Waals surface area contributed by atoms with Crippen molar-refractivity contribution in [3.8, 4) is 5.75 Å². The van der Waals surface area contributed by atoms with E-state index in [0.717, 1.165) is 49.5 Å². The molecule has 5 aromatic rings. The van der Waals surface area contributed by atoms with E-state index >= 15 is 0 Å². The molecule has 0 radical (unpaired) electrons. The van der Waals surface area contributed by atoms with E-state index in [1.807, 2.05) is 74.5 Å². The third-order valence-electron chi connectivity index (χ3n) is 12.7. The molecule has 2 amide bonds. The Bertz CT molecular complexity index is 2360. The SMILES string of the molecule is Cc1cc(/C=C(/CC[C@H]2OB(O)C[C@H]3C2=C(CO[Si](c2ccccc2)(c2ccccc2)C(C)(C)C)C[C@H]2C(=O)N(c4ccccc4)C(=O)[C@H]23)c2ccccn2)cc(C)c1O. The lowest BCUT2D eigenvalue weighted by Gasteiger charge is -2.46. The number of fused-ring (bicyclic) bond motifs is 3. The van der Waals surface area contributed by atoms with Gasteiger partial charge in [0.05, 0.1) is 35.9 Å². The smallest absolute Gasteiger partial charge is 0.455 e. The minimum atomic E-state index is -3.01. The van der Waals surface area contributed by atoms with Gasteiger partial charge in [-0.25, -0.2) is 0 Å². The predicted molar refractivity (Wildman–Crippen MR) is 241 cm³/mol. The van der Waals surface area contributed by atoms with Crippen molar-refractivity contribution in [2.75, 3.05) is 11.5 Å². The highest BCUT2D eigenvalue weighted by molar-refractivity contribution is 6.99. The summed E-state index contributed by atoms with van der Waals surface area (Å²) >= 11 is 0. The van der Waals surface area contributed by atoms with Crippen molar-refractivity contribution in [3.63, 3.8) is 0 Å². The normalized spacial score (nSPS) is 21.0. The molecule has 3 aliphatic rings. The number of benzene rings is 4. The highest BCUT2D eigenvalue weighted by Crippen LogP contribution is 2.52. The van der Waals surface area contributed by atoms with Crippen LogP contribution in [0.3, 0.4) is 0 Å². The summed E-state index contributed by atoms with van der Waals surface area (Å²) in [5, 5.41) is 24.0. The Hall–Kier alpha value is -5.39. The number of hydrogen-bond donors (Lipinski definition) is 2. The number of phenolic OH excluding ortho intramolecular Hbond substituents is 1. The van der Waals surface area contributed by atoms with E-state index in [2.05, 4.69) is 75.4 Å². The van der Waals surface area contributed by atoms with E-state index in [4.69, 9.17) is 14.1 Å². The van der Waals surface area contributed by atoms with E-state index < -0.39 is 39.3 Å². The number of anilines is 1. The van der Waals surface area contributed by atoms with Gasteiger partial charge in [0.15, 0.2) is 0 Å². The summed E-state index contributed by atoms with van der Waals surface area (Å²) in [5.74, 6) is -1.83. The van der Waals surface area contributed by atoms with E-state index in [1.54, 1.807) is 18.3 Å². The van der Waals surface area contributed by atoms with Crippen LogP contribution in [0.25, 0.3) is 11.6 Å². The van der Waals surface area contributed by atoms with E-state index in [9.17, 15) is 19.7 Å². The predicted octanol–water partition coefficient (Wildman–Crippen LogP) is 8.30. The summed E-state index contributed by atoms with van der Waals surface area (Å²) < 4.78 is 14.1. The highest BCUT2D eigenvalue weighted by atomic mass is 28.4. The number of aryl methyl sites for hydroxylation is 2. The van der Waals surface area contributed by atoms with Crippen LogP contribution in [0.5, 0.6) is 5.75 Å². The van der Waals surface area contributed by atoms with Gasteiger partial charge in [0, 0.05) is 6.20 Å². The molecule has 0 saturated carbocycles. The largest absolute Gasteiger partial charge is 0.507 e. The second-order valence-corrected chi connectivity index (χ2v) is 21.8. The van der Waals surface area contributed by atoms with Crippen LogP contribution in [0.4, 0.5) is 5.69 Å². The number of aromatic nitrogens is 1. The number of aromatic hydroxyl groups is 1. The molecule has 8 nitrogen and oxygen atoms in total. The molecular formula is C50H53BN2O6Si. The number of nitrogens with zero attached hydrogens (tertiary/aromatic N) is 2. The summed E-state index contributed by atoms with van der Waals surface area (Å²) in [7, 11) is -4.14. The molecule has 306 valence electrons. The zero-order chi connectivity index (χ0) is 42.2. The number of pyridine rings is 1. The van der Waals surface area contributed by atoms with Gasteiger partial charge >= 0.3 is 7.12 Å². The van der Waals surface area contributed by atoms with Crippen LogP contribution < -0.4 is 15.3 Å². The number of rotatable bonds is 11. The second-order valence-electron chi connectivity index (χ2n) is 17.5. The molecule has 8 rings (SSSR count). The Labute approximate surface area is 354 Å². The first-order valence-electron chi connectivity index (χ1n) is 21.0. The average Bonchev–Trinajstić information content (AvgIpc) is 3.50. The fourth-order valence-electron chi connectivity index (χ4n) is 10.1. The Morgan fingerprint density at radius 2 is 1.47 bits per heavy atom. The van der Waals surface area contributed by atoms with Crippen LogP contribution in [0.1, 0.15) is 62.4 Å². The summed E-state index contributed by atoms with van der Waals surface area (Å²) in [6, 6.07) is 39.9. The topological polar surface area (TPSA) is 109 Å². The maximum atomic E-state index is 14.6. The number of amides is 2. The zero-order valence-corrected chi connectivity index (χ0v) is 36.0. The van der Waals surface area contributed by atoms with E-state index in [0.29, 0.717) is 24.9 Å². The molecular weight excluding hydrogens is 763 g/mol. The zero-order valence-electron chi connectivity index (χ0n) is 35.0. The van der Waals surface area contributed by atoms with Crippen molar-refractivity contribution < 1.29 is 28.8 Å². The maximum Gasteiger partial charge on any atom is 0.455 e. The van der Waals surface area contributed by atoms with Gasteiger partial charge in [-0.1, -0.05) is 106 Å². The van der Waals surface area contributed by atoms with Crippen LogP contribution in [0.2, 0.25) is 11.4 Å². The van der Waals surface area contributed by atoms with Crippen LogP contribution >= 0.6 is 0 Å². The summed E-state index contributed by atoms with van der Waals surface area (Å²) in [5.41, 5.74) is 6.80. The van der Waals surface area contributed by atoms with Crippen LogP contribution in [-0.2, 0) is 18.7 Å². The van der Waals surface area contributed by atoms with Gasteiger partial charge in [0.25, 0.3) is 8.32 Å². The first-order chi connectivity index (χ1) is 28.9. The standard InChI is InChI=1S/C50H53BN2O6Si/c1-33-27-35(28-34(2)47(33)54)29-36(43-23-15-16-26-52-43)24-25-44-45-37(32-58-60(50(3,4)5,39-19-11-7-12-20-39)40-21-13-8-14-22-40)30-41-46(42(45)31-51(57)59-44)49(56)53(48(41)55)38-17-9-6-10-18-38/h6-23,26-29,41-42,44,46,54,57H,24-25,30-32H2,1-5H3/b36-29-/t41-,42+,44-,46-/m1/s1. The summed E-state index contributed by atoms with van der Waals surface area (Å²) in [4.78, 5) is 35.1. The van der Waals surface area contributed by atoms with Gasteiger partial charge in [-0.2, -0.15) is 0 Å². The number of allylic oxidation sites excluding steroid dienone is 1. The fourth-order valence-corrected chi connectivity index (χ4v) is 14.6. The molecule has 0 bridgehead atoms. The lowest BCUT2D eigenvalue weighted by Crippen LogP contribution is -2.66. The average molecular weight is 817 g/mol. The first-order valence-corrected chi connectivity index (χ1v) is 22.9. The first kappa shape index (κ1) is 41.4. The molecule has 1 aromatic heterocycles. The van der Waals surface area contributed by atoms with Crippen molar-refractivity contribution in [2.24, 2.45) is 17.8 Å². The molecule has 0 spiro atoms. The summed E-state index contributed by atoms with van der Waals surface area (Å²) in [6.45, 7) is 10.8. The maximum absolute atomic E-state index is 14.6. The second kappa shape index (κ2) is 16.9. The lowest BCUT2D eigenvalue weighted by molar-refractivity contribution is -0.122. The van der Waals surface area contributed by atoms with Gasteiger partial charge in [-0.3, -0.25) is 19.5 Å². The molecule has 2 fully saturated rings. The van der Waals surface area contributed by atoms with Crippen LogP contribution in [0, 0.1) is 31.6 Å². The summed E-state index contributed by atoms with van der Waals surface area (Å²) in [6.07, 6.45) is 4.92. The molecule has 2 aliphatic heterocycles. The number of para-hydroxylation sites is 1. The van der Waals surface area contributed by atoms with Crippen molar-refractivity contribution >= 4 is 55.0 Å². The molecule has 2 N–H and O–H groups in total. The number of carbonyl (C=O) groups is 2. The minimum Gasteiger partial charge on any atom is -0.507 e. The van der Waals surface area contributed by atoms with Crippen molar-refractivity contribution in [1.29, 1.82) is 0 Å². The fraction of sp³-hybridized carbons (Fsp3) is 0.300. The number of carbonyl (C=O) groups excluding carboxylic acids is 2. The van der Waals surface area contributed by atoms with E-state index in [1.165, 1.54) is 4.90 Å². The minimum absolute atomic E-state index is 0.201.